The van der Waals surface area contributed by atoms with Crippen molar-refractivity contribution in [3.05, 3.63) is 35.1 Å². The fraction of sp³-hybridized carbons (Fsp3) is 0.462. The van der Waals surface area contributed by atoms with E-state index in [4.69, 9.17) is 0 Å². The SMILES string of the molecule is CC(CC=O)c1ccc(CN(C)C)c(F)c1. The van der Waals surface area contributed by atoms with E-state index in [2.05, 4.69) is 0 Å². The van der Waals surface area contributed by atoms with Crippen LogP contribution in [0.4, 0.5) is 4.39 Å². The first kappa shape index (κ1) is 12.8. The molecule has 0 aliphatic rings. The van der Waals surface area contributed by atoms with Crippen LogP contribution in [-0.2, 0) is 11.3 Å². The molecule has 3 heteroatoms. The van der Waals surface area contributed by atoms with Gasteiger partial charge in [-0.3, -0.25) is 0 Å². The first-order valence-electron chi connectivity index (χ1n) is 5.41. The van der Waals surface area contributed by atoms with Gasteiger partial charge in [0.25, 0.3) is 0 Å². The molecule has 0 amide bonds. The molecule has 2 nitrogen and oxygen atoms in total. The Morgan fingerprint density at radius 1 is 1.44 bits per heavy atom. The van der Waals surface area contributed by atoms with Crippen LogP contribution in [0.2, 0.25) is 0 Å². The summed E-state index contributed by atoms with van der Waals surface area (Å²) in [6.45, 7) is 2.52. The van der Waals surface area contributed by atoms with Crippen LogP contribution in [0.3, 0.4) is 0 Å². The van der Waals surface area contributed by atoms with Crippen LogP contribution in [0.5, 0.6) is 0 Å². The van der Waals surface area contributed by atoms with Crippen LogP contribution in [0.25, 0.3) is 0 Å². The molecule has 0 saturated heterocycles. The molecule has 1 aromatic rings. The lowest BCUT2D eigenvalue weighted by molar-refractivity contribution is -0.108. The van der Waals surface area contributed by atoms with Gasteiger partial charge in [0.1, 0.15) is 12.1 Å². The van der Waals surface area contributed by atoms with E-state index in [0.29, 0.717) is 18.5 Å². The number of benzene rings is 1. The minimum atomic E-state index is -0.191. The molecule has 0 N–H and O–H groups in total. The largest absolute Gasteiger partial charge is 0.305 e. The number of nitrogens with zero attached hydrogens (tertiary/aromatic N) is 1. The van der Waals surface area contributed by atoms with Crippen LogP contribution in [0.1, 0.15) is 30.4 Å². The summed E-state index contributed by atoms with van der Waals surface area (Å²) in [5, 5.41) is 0. The summed E-state index contributed by atoms with van der Waals surface area (Å²) in [6.07, 6.45) is 1.31. The normalized spacial score (nSPS) is 12.8. The predicted octanol–water partition coefficient (Wildman–Crippen LogP) is 2.58. The van der Waals surface area contributed by atoms with Crippen molar-refractivity contribution in [2.45, 2.75) is 25.8 Å². The second-order valence-corrected chi connectivity index (χ2v) is 4.39. The molecule has 16 heavy (non-hydrogen) atoms. The average Bonchev–Trinajstić information content (AvgIpc) is 2.20. The van der Waals surface area contributed by atoms with E-state index in [-0.39, 0.29) is 11.7 Å². The van der Waals surface area contributed by atoms with Crippen molar-refractivity contribution in [3.63, 3.8) is 0 Å². The Balaban J connectivity index is 2.85. The van der Waals surface area contributed by atoms with Crippen molar-refractivity contribution in [3.8, 4) is 0 Å². The number of carbonyl (C=O) groups is 1. The molecule has 0 saturated carbocycles. The molecule has 0 spiro atoms. The van der Waals surface area contributed by atoms with Gasteiger partial charge >= 0.3 is 0 Å². The highest BCUT2D eigenvalue weighted by Crippen LogP contribution is 2.21. The third kappa shape index (κ3) is 3.42. The zero-order valence-electron chi connectivity index (χ0n) is 10.0. The predicted molar refractivity (Wildman–Crippen MR) is 62.9 cm³/mol. The van der Waals surface area contributed by atoms with E-state index in [1.165, 1.54) is 6.07 Å². The lowest BCUT2D eigenvalue weighted by Gasteiger charge is -2.13. The lowest BCUT2D eigenvalue weighted by atomic mass is 9.97. The maximum atomic E-state index is 13.7. The van der Waals surface area contributed by atoms with Crippen LogP contribution in [0, 0.1) is 5.82 Å². The van der Waals surface area contributed by atoms with Crippen LogP contribution < -0.4 is 0 Å². The summed E-state index contributed by atoms with van der Waals surface area (Å²) in [7, 11) is 3.81. The van der Waals surface area contributed by atoms with Crippen molar-refractivity contribution >= 4 is 6.29 Å². The summed E-state index contributed by atoms with van der Waals surface area (Å²) < 4.78 is 13.7. The van der Waals surface area contributed by atoms with E-state index in [9.17, 15) is 9.18 Å². The van der Waals surface area contributed by atoms with Gasteiger partial charge in [0.05, 0.1) is 0 Å². The quantitative estimate of drug-likeness (QED) is 0.715. The van der Waals surface area contributed by atoms with Gasteiger partial charge in [-0.15, -0.1) is 0 Å². The third-order valence-corrected chi connectivity index (χ3v) is 2.58. The van der Waals surface area contributed by atoms with Gasteiger partial charge in [0.15, 0.2) is 0 Å². The van der Waals surface area contributed by atoms with Crippen molar-refractivity contribution in [1.82, 2.24) is 4.90 Å². The van der Waals surface area contributed by atoms with Gasteiger partial charge in [0.2, 0.25) is 0 Å². The average molecular weight is 223 g/mol. The van der Waals surface area contributed by atoms with E-state index in [0.717, 1.165) is 11.8 Å². The van der Waals surface area contributed by atoms with Gasteiger partial charge < -0.3 is 9.69 Å². The van der Waals surface area contributed by atoms with Gasteiger partial charge in [-0.2, -0.15) is 0 Å². The molecule has 0 aliphatic carbocycles. The Morgan fingerprint density at radius 3 is 2.62 bits per heavy atom. The third-order valence-electron chi connectivity index (χ3n) is 2.58. The highest BCUT2D eigenvalue weighted by molar-refractivity contribution is 5.51. The number of carbonyl (C=O) groups excluding carboxylic acids is 1. The van der Waals surface area contributed by atoms with E-state index < -0.39 is 0 Å². The van der Waals surface area contributed by atoms with E-state index in [1.54, 1.807) is 6.07 Å². The van der Waals surface area contributed by atoms with Crippen molar-refractivity contribution in [1.29, 1.82) is 0 Å². The highest BCUT2D eigenvalue weighted by atomic mass is 19.1. The topological polar surface area (TPSA) is 20.3 Å². The van der Waals surface area contributed by atoms with E-state index in [1.807, 2.05) is 32.0 Å². The van der Waals surface area contributed by atoms with Gasteiger partial charge in [-0.1, -0.05) is 19.1 Å². The Bertz CT molecular complexity index is 363. The van der Waals surface area contributed by atoms with Crippen LogP contribution in [-0.4, -0.2) is 25.3 Å². The molecule has 88 valence electrons. The number of hydrogen-bond acceptors (Lipinski definition) is 2. The summed E-state index contributed by atoms with van der Waals surface area (Å²) in [5.74, 6) is -0.107. The van der Waals surface area contributed by atoms with Crippen molar-refractivity contribution < 1.29 is 9.18 Å². The van der Waals surface area contributed by atoms with Gasteiger partial charge in [-0.05, 0) is 31.6 Å². The number of hydrogen-bond donors (Lipinski definition) is 0. The molecule has 0 radical (unpaired) electrons. The maximum Gasteiger partial charge on any atom is 0.127 e. The second-order valence-electron chi connectivity index (χ2n) is 4.39. The minimum absolute atomic E-state index is 0.0837. The molecule has 0 fully saturated rings. The Hall–Kier alpha value is -1.22. The standard InChI is InChI=1S/C13H18FNO/c1-10(6-7-16)11-4-5-12(9-15(2)3)13(14)8-11/h4-5,7-8,10H,6,9H2,1-3H3. The van der Waals surface area contributed by atoms with Crippen molar-refractivity contribution in [2.75, 3.05) is 14.1 Å². The Morgan fingerprint density at radius 2 is 2.12 bits per heavy atom. The zero-order valence-corrected chi connectivity index (χ0v) is 10.0. The van der Waals surface area contributed by atoms with Crippen LogP contribution >= 0.6 is 0 Å². The molecule has 1 unspecified atom stereocenters. The van der Waals surface area contributed by atoms with Crippen molar-refractivity contribution in [2.24, 2.45) is 0 Å². The molecule has 0 bridgehead atoms. The fourth-order valence-corrected chi connectivity index (χ4v) is 1.62. The lowest BCUT2D eigenvalue weighted by Crippen LogP contribution is -2.12. The molecule has 1 atom stereocenters. The Labute approximate surface area is 96.1 Å². The summed E-state index contributed by atoms with van der Waals surface area (Å²) >= 11 is 0. The van der Waals surface area contributed by atoms with Gasteiger partial charge in [0, 0.05) is 18.5 Å². The smallest absolute Gasteiger partial charge is 0.127 e. The van der Waals surface area contributed by atoms with Gasteiger partial charge in [-0.25, -0.2) is 4.39 Å². The minimum Gasteiger partial charge on any atom is -0.305 e. The molecule has 0 heterocycles. The maximum absolute atomic E-state index is 13.7. The summed E-state index contributed by atoms with van der Waals surface area (Å²) in [6, 6.07) is 5.23. The molecular weight excluding hydrogens is 205 g/mol. The summed E-state index contributed by atoms with van der Waals surface area (Å²) in [5.41, 5.74) is 1.57. The number of aldehydes is 1. The number of halogens is 1. The molecule has 1 rings (SSSR count). The molecule has 1 aromatic carbocycles. The fourth-order valence-electron chi connectivity index (χ4n) is 1.62. The first-order valence-corrected chi connectivity index (χ1v) is 5.41. The Kier molecular flexibility index (Phi) is 4.62. The second kappa shape index (κ2) is 5.75. The number of rotatable bonds is 5. The molecule has 0 aliphatic heterocycles. The summed E-state index contributed by atoms with van der Waals surface area (Å²) in [4.78, 5) is 12.3. The first-order chi connectivity index (χ1) is 7.54. The molecular formula is C13H18FNO. The highest BCUT2D eigenvalue weighted by Gasteiger charge is 2.09. The van der Waals surface area contributed by atoms with Crippen LogP contribution in [0.15, 0.2) is 18.2 Å². The van der Waals surface area contributed by atoms with E-state index >= 15 is 0 Å². The zero-order chi connectivity index (χ0) is 12.1. The molecule has 0 aromatic heterocycles. The monoisotopic (exact) mass is 223 g/mol.